The van der Waals surface area contributed by atoms with Crippen molar-refractivity contribution in [1.29, 1.82) is 0 Å². The van der Waals surface area contributed by atoms with Gasteiger partial charge in [-0.2, -0.15) is 0 Å². The summed E-state index contributed by atoms with van der Waals surface area (Å²) in [5, 5.41) is 2.35. The van der Waals surface area contributed by atoms with Crippen molar-refractivity contribution in [1.82, 2.24) is 19.9 Å². The maximum atomic E-state index is 6.75. The molecule has 5 rings (SSSR count). The molecule has 0 atom stereocenters. The monoisotopic (exact) mass is 438 g/mol. The first kappa shape index (κ1) is 19.6. The van der Waals surface area contributed by atoms with Gasteiger partial charge in [0.2, 0.25) is 0 Å². The van der Waals surface area contributed by atoms with E-state index in [1.54, 1.807) is 6.08 Å². The average molecular weight is 439 g/mol. The van der Waals surface area contributed by atoms with Crippen molar-refractivity contribution >= 4 is 46.3 Å². The number of nitrogens with one attached hydrogen (secondary N) is 1. The number of pyridine rings is 1. The zero-order valence-corrected chi connectivity index (χ0v) is 18.3. The highest BCUT2D eigenvalue weighted by Gasteiger charge is 2.33. The van der Waals surface area contributed by atoms with Gasteiger partial charge in [-0.05, 0) is 49.2 Å². The van der Waals surface area contributed by atoms with Crippen LogP contribution in [0.3, 0.4) is 0 Å². The summed E-state index contributed by atoms with van der Waals surface area (Å²) >= 11 is 8.26. The minimum atomic E-state index is 0.176. The Balaban J connectivity index is 1.52. The van der Waals surface area contributed by atoms with Gasteiger partial charge in [-0.15, -0.1) is 0 Å². The van der Waals surface area contributed by atoms with Gasteiger partial charge in [-0.25, -0.2) is 9.97 Å². The number of allylic oxidation sites excluding steroid dienone is 2. The number of aromatic amines is 1. The number of H-pyrrole nitrogens is 1. The summed E-state index contributed by atoms with van der Waals surface area (Å²) in [6.07, 6.45) is 9.77. The summed E-state index contributed by atoms with van der Waals surface area (Å²) < 4.78 is 0. The topological polar surface area (TPSA) is 83.7 Å². The normalized spacial score (nSPS) is 17.1. The molecule has 0 amide bonds. The van der Waals surface area contributed by atoms with E-state index in [9.17, 15) is 0 Å². The van der Waals surface area contributed by atoms with Crippen molar-refractivity contribution in [2.45, 2.75) is 41.8 Å². The molecule has 0 aromatic carbocycles. The summed E-state index contributed by atoms with van der Waals surface area (Å²) in [5.41, 5.74) is 9.93. The first-order valence-electron chi connectivity index (χ1n) is 10.1. The van der Waals surface area contributed by atoms with E-state index in [0.717, 1.165) is 56.8 Å². The van der Waals surface area contributed by atoms with Crippen molar-refractivity contribution < 1.29 is 0 Å². The molecule has 1 saturated heterocycles. The molecular formula is C22H23ClN6S. The largest absolute Gasteiger partial charge is 0.353 e. The average Bonchev–Trinajstić information content (AvgIpc) is 3.48. The molecule has 1 aliphatic carbocycles. The maximum absolute atomic E-state index is 6.75. The zero-order valence-electron chi connectivity index (χ0n) is 16.7. The molecule has 2 fully saturated rings. The van der Waals surface area contributed by atoms with Crippen LogP contribution in [-0.2, 0) is 0 Å². The van der Waals surface area contributed by atoms with E-state index in [2.05, 4.69) is 27.5 Å². The lowest BCUT2D eigenvalue weighted by Gasteiger charge is -2.38. The Bertz CT molecular complexity index is 1160. The number of nitrogens with zero attached hydrogens (tertiary/aromatic N) is 4. The second-order valence-electron chi connectivity index (χ2n) is 7.92. The summed E-state index contributed by atoms with van der Waals surface area (Å²) in [6, 6.07) is 2.28. The van der Waals surface area contributed by atoms with Gasteiger partial charge >= 0.3 is 0 Å². The summed E-state index contributed by atoms with van der Waals surface area (Å²) in [6.45, 7) is 7.31. The van der Waals surface area contributed by atoms with E-state index >= 15 is 0 Å². The number of anilines is 1. The first-order chi connectivity index (χ1) is 14.5. The van der Waals surface area contributed by atoms with Crippen molar-refractivity contribution in [3.63, 3.8) is 0 Å². The van der Waals surface area contributed by atoms with Gasteiger partial charge in [0.05, 0.1) is 16.1 Å². The van der Waals surface area contributed by atoms with Gasteiger partial charge in [0, 0.05) is 41.8 Å². The molecule has 0 radical (unpaired) electrons. The molecular weight excluding hydrogens is 416 g/mol. The lowest BCUT2D eigenvalue weighted by Crippen LogP contribution is -2.56. The Morgan fingerprint density at radius 2 is 2.13 bits per heavy atom. The lowest BCUT2D eigenvalue weighted by atomic mass is 10.1. The van der Waals surface area contributed by atoms with Gasteiger partial charge < -0.3 is 15.6 Å². The Morgan fingerprint density at radius 3 is 2.80 bits per heavy atom. The minimum absolute atomic E-state index is 0.176. The van der Waals surface area contributed by atoms with Gasteiger partial charge in [0.15, 0.2) is 5.16 Å². The molecule has 2 aliphatic rings. The molecule has 6 nitrogen and oxygen atoms in total. The van der Waals surface area contributed by atoms with Crippen LogP contribution in [0.5, 0.6) is 0 Å². The molecule has 1 aliphatic heterocycles. The Morgan fingerprint density at radius 1 is 1.33 bits per heavy atom. The number of fused-ring (bicyclic) bond motifs is 1. The molecule has 3 aromatic rings. The van der Waals surface area contributed by atoms with E-state index in [0.29, 0.717) is 11.1 Å². The Hall–Kier alpha value is -2.35. The van der Waals surface area contributed by atoms with Crippen molar-refractivity contribution in [2.24, 2.45) is 5.73 Å². The quantitative estimate of drug-likeness (QED) is 0.429. The smallest absolute Gasteiger partial charge is 0.196 e. The molecule has 8 heteroatoms. The van der Waals surface area contributed by atoms with E-state index in [-0.39, 0.29) is 6.04 Å². The van der Waals surface area contributed by atoms with Gasteiger partial charge in [-0.3, -0.25) is 4.98 Å². The third kappa shape index (κ3) is 3.62. The molecule has 0 bridgehead atoms. The van der Waals surface area contributed by atoms with E-state index in [1.807, 2.05) is 25.3 Å². The van der Waals surface area contributed by atoms with Crippen LogP contribution in [0, 0.1) is 6.92 Å². The Kier molecular flexibility index (Phi) is 5.05. The third-order valence-corrected chi connectivity index (χ3v) is 6.68. The number of rotatable bonds is 6. The fraction of sp³-hybridized carbons (Fsp3) is 0.318. The predicted octanol–water partition coefficient (Wildman–Crippen LogP) is 4.69. The maximum Gasteiger partial charge on any atom is 0.196 e. The number of aromatic nitrogens is 4. The molecule has 3 aromatic heterocycles. The SMILES string of the molecule is C=C/C=C\c1ncc(Sc2nc(N3CC(N)C3)c3c(Cl)c(C4CC4)[nH]c3n2)cc1C. The van der Waals surface area contributed by atoms with Crippen LogP contribution < -0.4 is 10.6 Å². The molecule has 0 unspecified atom stereocenters. The second kappa shape index (κ2) is 7.72. The zero-order chi connectivity index (χ0) is 20.8. The standard InChI is InChI=1S/C22H23ClN6S/c1-3-4-5-16-12(2)8-15(9-25-16)30-22-27-20-17(18(23)19(26-20)13-6-7-13)21(28-22)29-10-14(24)11-29/h3-5,8-9,13-14H,1,6-7,10-11,24H2,2H3,(H,26,27,28)/b5-4-. The predicted molar refractivity (Wildman–Crippen MR) is 123 cm³/mol. The van der Waals surface area contributed by atoms with Crippen LogP contribution >= 0.6 is 23.4 Å². The minimum Gasteiger partial charge on any atom is -0.353 e. The third-order valence-electron chi connectivity index (χ3n) is 5.47. The number of aryl methyl sites for hydroxylation is 1. The molecule has 3 N–H and O–H groups in total. The first-order valence-corrected chi connectivity index (χ1v) is 11.3. The van der Waals surface area contributed by atoms with Crippen LogP contribution in [0.4, 0.5) is 5.82 Å². The van der Waals surface area contributed by atoms with Gasteiger partial charge in [0.1, 0.15) is 11.5 Å². The van der Waals surface area contributed by atoms with Crippen LogP contribution in [0.2, 0.25) is 5.02 Å². The Labute approximate surface area is 184 Å². The number of nitrogens with two attached hydrogens (primary N) is 1. The summed E-state index contributed by atoms with van der Waals surface area (Å²) in [4.78, 5) is 20.8. The van der Waals surface area contributed by atoms with Crippen LogP contribution in [0.1, 0.15) is 35.7 Å². The van der Waals surface area contributed by atoms with Crippen molar-refractivity contribution in [3.05, 3.63) is 53.0 Å². The highest BCUT2D eigenvalue weighted by molar-refractivity contribution is 7.99. The molecule has 154 valence electrons. The highest BCUT2D eigenvalue weighted by Crippen LogP contribution is 2.47. The fourth-order valence-corrected chi connectivity index (χ4v) is 4.90. The molecule has 1 saturated carbocycles. The van der Waals surface area contributed by atoms with E-state index in [1.165, 1.54) is 24.6 Å². The molecule has 0 spiro atoms. The molecule has 4 heterocycles. The lowest BCUT2D eigenvalue weighted by molar-refractivity contribution is 0.514. The molecule has 30 heavy (non-hydrogen) atoms. The fourth-order valence-electron chi connectivity index (χ4n) is 3.71. The highest BCUT2D eigenvalue weighted by atomic mass is 35.5. The van der Waals surface area contributed by atoms with Crippen molar-refractivity contribution in [3.8, 4) is 0 Å². The van der Waals surface area contributed by atoms with E-state index < -0.39 is 0 Å². The van der Waals surface area contributed by atoms with Crippen LogP contribution in [0.15, 0.2) is 41.0 Å². The van der Waals surface area contributed by atoms with Gasteiger partial charge in [-0.1, -0.05) is 30.3 Å². The number of halogens is 1. The number of hydrogen-bond donors (Lipinski definition) is 2. The van der Waals surface area contributed by atoms with Gasteiger partial charge in [0.25, 0.3) is 0 Å². The summed E-state index contributed by atoms with van der Waals surface area (Å²) in [5.74, 6) is 1.38. The van der Waals surface area contributed by atoms with E-state index in [4.69, 9.17) is 27.3 Å². The van der Waals surface area contributed by atoms with Crippen molar-refractivity contribution in [2.75, 3.05) is 18.0 Å². The van der Waals surface area contributed by atoms with Crippen LogP contribution in [-0.4, -0.2) is 39.1 Å². The second-order valence-corrected chi connectivity index (χ2v) is 9.33. The number of hydrogen-bond acceptors (Lipinski definition) is 6. The van der Waals surface area contributed by atoms with Crippen LogP contribution in [0.25, 0.3) is 17.1 Å². The summed E-state index contributed by atoms with van der Waals surface area (Å²) in [7, 11) is 0.